The number of carbonyl (C=O) groups excluding carboxylic acids is 1. The number of nitrogens with zero attached hydrogens (tertiary/aromatic N) is 2. The van der Waals surface area contributed by atoms with Crippen molar-refractivity contribution < 1.29 is 19.6 Å². The van der Waals surface area contributed by atoms with Crippen molar-refractivity contribution in [2.24, 2.45) is 5.73 Å². The Bertz CT molecular complexity index is 544. The SMILES string of the molecule is CN(CCCC(=O)O)c1cc(C(N)=O)ccc1[N+](=O)[O-]. The van der Waals surface area contributed by atoms with Crippen LogP contribution in [0.1, 0.15) is 23.2 Å². The van der Waals surface area contributed by atoms with Gasteiger partial charge in [0.15, 0.2) is 0 Å². The summed E-state index contributed by atoms with van der Waals surface area (Å²) in [4.78, 5) is 33.5. The lowest BCUT2D eigenvalue weighted by atomic mass is 10.1. The Morgan fingerprint density at radius 2 is 2.10 bits per heavy atom. The fourth-order valence-corrected chi connectivity index (χ4v) is 1.72. The van der Waals surface area contributed by atoms with Crippen molar-refractivity contribution >= 4 is 23.3 Å². The standard InChI is InChI=1S/C12H15N3O5/c1-14(6-2-3-11(16)17)10-7-8(12(13)18)4-5-9(10)15(19)20/h4-5,7H,2-3,6H2,1H3,(H2,13,18)(H,16,17). The molecule has 1 amide bonds. The molecule has 0 fully saturated rings. The van der Waals surface area contributed by atoms with E-state index in [0.29, 0.717) is 13.0 Å². The maximum Gasteiger partial charge on any atom is 0.303 e. The van der Waals surface area contributed by atoms with E-state index in [1.807, 2.05) is 0 Å². The van der Waals surface area contributed by atoms with Gasteiger partial charge in [-0.05, 0) is 18.6 Å². The quantitative estimate of drug-likeness (QED) is 0.567. The molecule has 1 aromatic carbocycles. The van der Waals surface area contributed by atoms with Gasteiger partial charge in [-0.25, -0.2) is 0 Å². The molecule has 0 saturated heterocycles. The minimum Gasteiger partial charge on any atom is -0.481 e. The first-order chi connectivity index (χ1) is 9.32. The average Bonchev–Trinajstić information content (AvgIpc) is 2.37. The predicted octanol–water partition coefficient (Wildman–Crippen LogP) is 0.995. The maximum atomic E-state index is 11.1. The number of carbonyl (C=O) groups is 2. The number of carboxylic acid groups (broad SMARTS) is 1. The van der Waals surface area contributed by atoms with Crippen LogP contribution in [0.2, 0.25) is 0 Å². The number of nitrogens with two attached hydrogens (primary N) is 1. The molecule has 0 radical (unpaired) electrons. The monoisotopic (exact) mass is 281 g/mol. The van der Waals surface area contributed by atoms with Crippen LogP contribution in [-0.2, 0) is 4.79 Å². The van der Waals surface area contributed by atoms with Gasteiger partial charge in [0.1, 0.15) is 5.69 Å². The van der Waals surface area contributed by atoms with Gasteiger partial charge in [0.05, 0.1) is 4.92 Å². The molecule has 108 valence electrons. The van der Waals surface area contributed by atoms with E-state index in [-0.39, 0.29) is 23.4 Å². The number of benzene rings is 1. The summed E-state index contributed by atoms with van der Waals surface area (Å²) in [5, 5.41) is 19.5. The lowest BCUT2D eigenvalue weighted by molar-refractivity contribution is -0.384. The molecule has 20 heavy (non-hydrogen) atoms. The van der Waals surface area contributed by atoms with Gasteiger partial charge >= 0.3 is 5.97 Å². The molecule has 8 heteroatoms. The van der Waals surface area contributed by atoms with Gasteiger partial charge < -0.3 is 15.7 Å². The Morgan fingerprint density at radius 3 is 2.60 bits per heavy atom. The molecule has 0 heterocycles. The number of nitro benzene ring substituents is 1. The highest BCUT2D eigenvalue weighted by molar-refractivity contribution is 5.94. The van der Waals surface area contributed by atoms with Crippen LogP contribution in [0.15, 0.2) is 18.2 Å². The van der Waals surface area contributed by atoms with Crippen molar-refractivity contribution in [1.82, 2.24) is 0 Å². The third-order valence-electron chi connectivity index (χ3n) is 2.75. The van der Waals surface area contributed by atoms with E-state index >= 15 is 0 Å². The minimum atomic E-state index is -0.932. The molecule has 0 aliphatic rings. The van der Waals surface area contributed by atoms with Gasteiger partial charge in [0.25, 0.3) is 5.69 Å². The summed E-state index contributed by atoms with van der Waals surface area (Å²) in [6, 6.07) is 3.83. The van der Waals surface area contributed by atoms with Crippen molar-refractivity contribution in [1.29, 1.82) is 0 Å². The molecule has 0 spiro atoms. The molecule has 0 unspecified atom stereocenters. The highest BCUT2D eigenvalue weighted by Crippen LogP contribution is 2.28. The third kappa shape index (κ3) is 3.94. The van der Waals surface area contributed by atoms with Gasteiger partial charge in [-0.2, -0.15) is 0 Å². The summed E-state index contributed by atoms with van der Waals surface area (Å²) in [6.07, 6.45) is 0.303. The molecule has 0 aliphatic heterocycles. The van der Waals surface area contributed by atoms with E-state index in [9.17, 15) is 19.7 Å². The number of primary amides is 1. The first-order valence-corrected chi connectivity index (χ1v) is 5.84. The largest absolute Gasteiger partial charge is 0.481 e. The second kappa shape index (κ2) is 6.50. The molecule has 0 aromatic heterocycles. The highest BCUT2D eigenvalue weighted by atomic mass is 16.6. The summed E-state index contributed by atoms with van der Waals surface area (Å²) in [5.74, 6) is -1.61. The minimum absolute atomic E-state index is 0.0341. The zero-order valence-electron chi connectivity index (χ0n) is 10.9. The van der Waals surface area contributed by atoms with Crippen molar-refractivity contribution in [3.8, 4) is 0 Å². The average molecular weight is 281 g/mol. The molecule has 3 N–H and O–H groups in total. The summed E-state index contributed by atoms with van der Waals surface area (Å²) in [7, 11) is 1.59. The number of nitro groups is 1. The van der Waals surface area contributed by atoms with Crippen LogP contribution in [0.3, 0.4) is 0 Å². The Balaban J connectivity index is 2.99. The zero-order valence-corrected chi connectivity index (χ0v) is 10.9. The number of carboxylic acids is 1. The number of anilines is 1. The van der Waals surface area contributed by atoms with Crippen molar-refractivity contribution in [3.05, 3.63) is 33.9 Å². The predicted molar refractivity (Wildman–Crippen MR) is 71.8 cm³/mol. The zero-order chi connectivity index (χ0) is 15.3. The summed E-state index contributed by atoms with van der Waals surface area (Å²) in [6.45, 7) is 0.315. The maximum absolute atomic E-state index is 11.1. The number of rotatable bonds is 7. The molecule has 8 nitrogen and oxygen atoms in total. The number of hydrogen-bond acceptors (Lipinski definition) is 5. The molecule has 1 aromatic rings. The van der Waals surface area contributed by atoms with Crippen molar-refractivity contribution in [2.45, 2.75) is 12.8 Å². The molecule has 0 aliphatic carbocycles. The fourth-order valence-electron chi connectivity index (χ4n) is 1.72. The lowest BCUT2D eigenvalue weighted by Crippen LogP contribution is -2.21. The van der Waals surface area contributed by atoms with Crippen molar-refractivity contribution in [2.75, 3.05) is 18.5 Å². The van der Waals surface area contributed by atoms with E-state index in [0.717, 1.165) is 0 Å². The molecular formula is C12H15N3O5. The molecular weight excluding hydrogens is 266 g/mol. The van der Waals surface area contributed by atoms with Crippen LogP contribution in [0.4, 0.5) is 11.4 Å². The Kier molecular flexibility index (Phi) is 5.01. The number of hydrogen-bond donors (Lipinski definition) is 2. The van der Waals surface area contributed by atoms with Crippen LogP contribution in [0, 0.1) is 10.1 Å². The summed E-state index contributed by atoms with van der Waals surface area (Å²) in [5.41, 5.74) is 5.38. The smallest absolute Gasteiger partial charge is 0.303 e. The Morgan fingerprint density at radius 1 is 1.45 bits per heavy atom. The summed E-state index contributed by atoms with van der Waals surface area (Å²) >= 11 is 0. The number of amides is 1. The van der Waals surface area contributed by atoms with Crippen LogP contribution in [-0.4, -0.2) is 35.5 Å². The molecule has 0 saturated carbocycles. The topological polar surface area (TPSA) is 127 Å². The van der Waals surface area contributed by atoms with Gasteiger partial charge in [-0.1, -0.05) is 0 Å². The van der Waals surface area contributed by atoms with Crippen LogP contribution in [0.5, 0.6) is 0 Å². The summed E-state index contributed by atoms with van der Waals surface area (Å²) < 4.78 is 0. The number of aliphatic carboxylic acids is 1. The van der Waals surface area contributed by atoms with Gasteiger partial charge in [0, 0.05) is 31.6 Å². The van der Waals surface area contributed by atoms with Gasteiger partial charge in [-0.3, -0.25) is 19.7 Å². The normalized spacial score (nSPS) is 10.1. The van der Waals surface area contributed by atoms with Gasteiger partial charge in [0.2, 0.25) is 5.91 Å². The van der Waals surface area contributed by atoms with E-state index in [1.54, 1.807) is 7.05 Å². The van der Waals surface area contributed by atoms with E-state index in [2.05, 4.69) is 0 Å². The second-order valence-electron chi connectivity index (χ2n) is 4.24. The lowest BCUT2D eigenvalue weighted by Gasteiger charge is -2.19. The first-order valence-electron chi connectivity index (χ1n) is 5.84. The molecule has 1 rings (SSSR count). The Hall–Kier alpha value is -2.64. The molecule has 0 atom stereocenters. The Labute approximate surface area is 114 Å². The second-order valence-corrected chi connectivity index (χ2v) is 4.24. The van der Waals surface area contributed by atoms with Crippen LogP contribution >= 0.6 is 0 Å². The van der Waals surface area contributed by atoms with Crippen molar-refractivity contribution in [3.63, 3.8) is 0 Å². The van der Waals surface area contributed by atoms with E-state index in [4.69, 9.17) is 10.8 Å². The van der Waals surface area contributed by atoms with Gasteiger partial charge in [-0.15, -0.1) is 0 Å². The first kappa shape index (κ1) is 15.4. The highest BCUT2D eigenvalue weighted by Gasteiger charge is 2.19. The fraction of sp³-hybridized carbons (Fsp3) is 0.333. The van der Waals surface area contributed by atoms with Crippen LogP contribution in [0.25, 0.3) is 0 Å². The third-order valence-corrected chi connectivity index (χ3v) is 2.75. The van der Waals surface area contributed by atoms with E-state index in [1.165, 1.54) is 23.1 Å². The van der Waals surface area contributed by atoms with E-state index < -0.39 is 16.8 Å². The van der Waals surface area contributed by atoms with Crippen LogP contribution < -0.4 is 10.6 Å². The molecule has 0 bridgehead atoms.